The molecule has 4 amide bonds. The average Bonchev–Trinajstić information content (AvgIpc) is 3.60. The van der Waals surface area contributed by atoms with E-state index >= 15 is 4.79 Å². The molecule has 0 unspecified atom stereocenters. The van der Waals surface area contributed by atoms with E-state index in [0.29, 0.717) is 49.2 Å². The smallest absolute Gasteiger partial charge is 0.246 e. The van der Waals surface area contributed by atoms with Crippen LogP contribution < -0.4 is 9.80 Å². The molecule has 8 nitrogen and oxygen atoms in total. The van der Waals surface area contributed by atoms with Gasteiger partial charge in [0.2, 0.25) is 23.6 Å². The van der Waals surface area contributed by atoms with Crippen LogP contribution in [0.5, 0.6) is 5.75 Å². The first-order valence-electron chi connectivity index (χ1n) is 18.1. The van der Waals surface area contributed by atoms with Crippen LogP contribution in [0.3, 0.4) is 0 Å². The van der Waals surface area contributed by atoms with Crippen molar-refractivity contribution in [1.82, 2.24) is 0 Å². The van der Waals surface area contributed by atoms with Crippen LogP contribution in [0.1, 0.15) is 45.8 Å². The Morgan fingerprint density at radius 3 is 2.04 bits per heavy atom. The SMILES string of the molecule is O=C(c1ccccc1)c1ccc(N2C(=O)[C@H]3[C@H](CC=C4[C@H]3C[C@H]3C(=O)N(c5cccc(Cl)c5)C(=O)[C@@]3(c3ccccc3)[C@H]4c3cc(Cl)ccc3O)C2=O)cc1. The number of carbonyl (C=O) groups excluding carboxylic acids is 5. The number of phenols is 1. The van der Waals surface area contributed by atoms with Gasteiger partial charge in [0.1, 0.15) is 5.75 Å². The molecule has 2 aliphatic carbocycles. The van der Waals surface area contributed by atoms with E-state index in [2.05, 4.69) is 0 Å². The van der Waals surface area contributed by atoms with E-state index in [1.807, 2.05) is 42.5 Å². The van der Waals surface area contributed by atoms with Gasteiger partial charge in [-0.2, -0.15) is 0 Å². The van der Waals surface area contributed by atoms with Crippen molar-refractivity contribution in [2.75, 3.05) is 9.80 Å². The molecule has 5 aromatic carbocycles. The summed E-state index contributed by atoms with van der Waals surface area (Å²) in [5.41, 5.74) is 1.65. The molecule has 10 heteroatoms. The largest absolute Gasteiger partial charge is 0.508 e. The Kier molecular flexibility index (Phi) is 8.37. The summed E-state index contributed by atoms with van der Waals surface area (Å²) in [6, 6.07) is 35.5. The Bertz CT molecular complexity index is 2470. The standard InChI is InChI=1S/C45H32Cl2N2O6/c46-28-12-7-13-31(22-28)49-42(53)36-24-34-32(39(35-23-29(47)16-21-37(35)50)45(36,44(49)55)27-10-5-2-6-11-27)19-20-33-38(34)43(54)48(41(33)52)30-17-14-26(15-18-30)40(51)25-8-3-1-4-9-25/h1-19,21-23,33-34,36,38-39,50H,20,24H2/t33-,34+,36-,38-,39+,45+/m0/s1. The Morgan fingerprint density at radius 1 is 0.655 bits per heavy atom. The number of amides is 4. The zero-order valence-corrected chi connectivity index (χ0v) is 30.7. The van der Waals surface area contributed by atoms with Gasteiger partial charge in [0, 0.05) is 32.7 Å². The molecule has 6 atom stereocenters. The number of benzene rings is 5. The number of phenolic OH excluding ortho intramolecular Hbond substituents is 1. The van der Waals surface area contributed by atoms with E-state index in [1.165, 1.54) is 15.9 Å². The normalized spacial score (nSPS) is 25.7. The molecule has 2 aliphatic heterocycles. The molecule has 2 saturated heterocycles. The van der Waals surface area contributed by atoms with Crippen LogP contribution in [0.15, 0.2) is 139 Å². The van der Waals surface area contributed by atoms with Crippen molar-refractivity contribution in [3.8, 4) is 5.75 Å². The first kappa shape index (κ1) is 34.9. The molecule has 0 radical (unpaired) electrons. The van der Waals surface area contributed by atoms with Crippen LogP contribution in [0.4, 0.5) is 11.4 Å². The number of nitrogens with zero attached hydrogens (tertiary/aromatic N) is 2. The first-order valence-corrected chi connectivity index (χ1v) is 18.8. The predicted molar refractivity (Wildman–Crippen MR) is 208 cm³/mol. The van der Waals surface area contributed by atoms with Crippen molar-refractivity contribution in [2.45, 2.75) is 24.2 Å². The quantitative estimate of drug-likeness (QED) is 0.106. The number of imide groups is 2. The highest BCUT2D eigenvalue weighted by molar-refractivity contribution is 6.32. The minimum Gasteiger partial charge on any atom is -0.508 e. The number of ketones is 1. The van der Waals surface area contributed by atoms with Crippen LogP contribution in [0.2, 0.25) is 10.0 Å². The van der Waals surface area contributed by atoms with Crippen LogP contribution in [-0.4, -0.2) is 34.5 Å². The van der Waals surface area contributed by atoms with E-state index < -0.39 is 52.7 Å². The lowest BCUT2D eigenvalue weighted by atomic mass is 9.49. The topological polar surface area (TPSA) is 112 Å². The molecule has 3 fully saturated rings. The van der Waals surface area contributed by atoms with Crippen LogP contribution in [-0.2, 0) is 24.6 Å². The Labute approximate surface area is 326 Å². The molecule has 4 aliphatic rings. The molecule has 1 saturated carbocycles. The fraction of sp³-hybridized carbons (Fsp3) is 0.178. The number of hydrogen-bond donors (Lipinski definition) is 1. The van der Waals surface area contributed by atoms with Gasteiger partial charge in [0.25, 0.3) is 0 Å². The maximum Gasteiger partial charge on any atom is 0.246 e. The van der Waals surface area contributed by atoms with Gasteiger partial charge in [0.05, 0.1) is 34.5 Å². The molecule has 9 rings (SSSR count). The first-order chi connectivity index (χ1) is 26.6. The Balaban J connectivity index is 1.18. The van der Waals surface area contributed by atoms with Gasteiger partial charge < -0.3 is 5.11 Å². The monoisotopic (exact) mass is 766 g/mol. The number of halogens is 2. The highest BCUT2D eigenvalue weighted by atomic mass is 35.5. The van der Waals surface area contributed by atoms with Gasteiger partial charge in [0.15, 0.2) is 5.78 Å². The van der Waals surface area contributed by atoms with Gasteiger partial charge in [-0.05, 0) is 85.0 Å². The van der Waals surface area contributed by atoms with Crippen LogP contribution >= 0.6 is 23.2 Å². The third-order valence-electron chi connectivity index (χ3n) is 11.9. The second-order valence-corrected chi connectivity index (χ2v) is 15.4. The lowest BCUT2D eigenvalue weighted by Gasteiger charge is -2.50. The molecule has 5 aromatic rings. The van der Waals surface area contributed by atoms with Crippen molar-refractivity contribution in [3.63, 3.8) is 0 Å². The van der Waals surface area contributed by atoms with Crippen molar-refractivity contribution in [1.29, 1.82) is 0 Å². The molecular formula is C45H32Cl2N2O6. The fourth-order valence-electron chi connectivity index (χ4n) is 9.62. The van der Waals surface area contributed by atoms with Gasteiger partial charge in [-0.3, -0.25) is 28.9 Å². The van der Waals surface area contributed by atoms with Gasteiger partial charge in [-0.15, -0.1) is 0 Å². The molecule has 272 valence electrons. The molecule has 0 aromatic heterocycles. The summed E-state index contributed by atoms with van der Waals surface area (Å²) in [5.74, 6) is -6.17. The maximum atomic E-state index is 15.4. The number of aromatic hydroxyl groups is 1. The highest BCUT2D eigenvalue weighted by Crippen LogP contribution is 2.65. The highest BCUT2D eigenvalue weighted by Gasteiger charge is 2.70. The van der Waals surface area contributed by atoms with Gasteiger partial charge >= 0.3 is 0 Å². The fourth-order valence-corrected chi connectivity index (χ4v) is 9.98. The van der Waals surface area contributed by atoms with Crippen LogP contribution in [0.25, 0.3) is 0 Å². The average molecular weight is 768 g/mol. The number of allylic oxidation sites excluding steroid dienone is 2. The number of rotatable bonds is 6. The molecular weight excluding hydrogens is 735 g/mol. The summed E-state index contributed by atoms with van der Waals surface area (Å²) in [4.78, 5) is 74.7. The summed E-state index contributed by atoms with van der Waals surface area (Å²) < 4.78 is 0. The molecule has 0 spiro atoms. The molecule has 0 bridgehead atoms. The third-order valence-corrected chi connectivity index (χ3v) is 12.4. The van der Waals surface area contributed by atoms with Gasteiger partial charge in [-0.1, -0.05) is 102 Å². The zero-order chi connectivity index (χ0) is 38.2. The summed E-state index contributed by atoms with van der Waals surface area (Å²) >= 11 is 13.0. The second-order valence-electron chi connectivity index (χ2n) is 14.6. The minimum absolute atomic E-state index is 0.0960. The molecule has 2 heterocycles. The second kappa shape index (κ2) is 13.2. The van der Waals surface area contributed by atoms with E-state index in [0.717, 1.165) is 0 Å². The summed E-state index contributed by atoms with van der Waals surface area (Å²) in [6.07, 6.45) is 2.22. The summed E-state index contributed by atoms with van der Waals surface area (Å²) in [5, 5.41) is 12.2. The van der Waals surface area contributed by atoms with Crippen molar-refractivity contribution >= 4 is 64.0 Å². The van der Waals surface area contributed by atoms with E-state index in [1.54, 1.807) is 84.9 Å². The van der Waals surface area contributed by atoms with E-state index in [9.17, 15) is 24.3 Å². The Hall–Kier alpha value is -5.83. The van der Waals surface area contributed by atoms with E-state index in [-0.39, 0.29) is 30.3 Å². The van der Waals surface area contributed by atoms with E-state index in [4.69, 9.17) is 23.2 Å². The number of hydrogen-bond acceptors (Lipinski definition) is 6. The van der Waals surface area contributed by atoms with Crippen molar-refractivity contribution in [2.24, 2.45) is 23.7 Å². The number of anilines is 2. The zero-order valence-electron chi connectivity index (χ0n) is 29.1. The minimum atomic E-state index is -1.55. The maximum absolute atomic E-state index is 15.4. The Morgan fingerprint density at radius 2 is 1.33 bits per heavy atom. The summed E-state index contributed by atoms with van der Waals surface area (Å²) in [6.45, 7) is 0. The lowest BCUT2D eigenvalue weighted by molar-refractivity contribution is -0.127. The lowest BCUT2D eigenvalue weighted by Crippen LogP contribution is -2.53. The molecule has 55 heavy (non-hydrogen) atoms. The number of carbonyl (C=O) groups is 5. The van der Waals surface area contributed by atoms with Gasteiger partial charge in [-0.25, -0.2) is 4.90 Å². The summed E-state index contributed by atoms with van der Waals surface area (Å²) in [7, 11) is 0. The van der Waals surface area contributed by atoms with Crippen LogP contribution in [0, 0.1) is 23.7 Å². The number of fused-ring (bicyclic) bond motifs is 4. The van der Waals surface area contributed by atoms with Crippen molar-refractivity contribution < 1.29 is 29.1 Å². The third kappa shape index (κ3) is 5.23. The molecule has 1 N–H and O–H groups in total. The van der Waals surface area contributed by atoms with Crippen molar-refractivity contribution in [3.05, 3.63) is 171 Å². The predicted octanol–water partition coefficient (Wildman–Crippen LogP) is 8.30.